The summed E-state index contributed by atoms with van der Waals surface area (Å²) in [7, 11) is -2.66. The molecule has 0 spiro atoms. The fraction of sp³-hybridized carbons (Fsp3) is 0.364. The summed E-state index contributed by atoms with van der Waals surface area (Å²) in [5.41, 5.74) is 0.870. The number of anilines is 1. The van der Waals surface area contributed by atoms with Crippen molar-refractivity contribution in [3.8, 4) is 5.75 Å². The minimum Gasteiger partial charge on any atom is -0.383 e. The van der Waals surface area contributed by atoms with E-state index < -0.39 is 10.1 Å². The lowest BCUT2D eigenvalue weighted by atomic mass is 10.2. The number of benzene rings is 2. The molecule has 0 saturated heterocycles. The number of carbonyl (C=O) groups excluding carboxylic acids is 2. The third-order valence-corrected chi connectivity index (χ3v) is 5.79. The minimum absolute atomic E-state index is 0.0464. The van der Waals surface area contributed by atoms with E-state index in [1.165, 1.54) is 55.3 Å². The highest BCUT2D eigenvalue weighted by molar-refractivity contribution is 7.87. The first kappa shape index (κ1) is 26.4. The molecule has 0 aromatic heterocycles. The van der Waals surface area contributed by atoms with Crippen LogP contribution in [0.2, 0.25) is 5.02 Å². The number of hydrogen-bond donors (Lipinski definition) is 2. The van der Waals surface area contributed by atoms with E-state index in [1.807, 2.05) is 13.8 Å². The molecule has 2 N–H and O–H groups in total. The number of nitrogens with one attached hydrogen (secondary N) is 2. The van der Waals surface area contributed by atoms with Crippen LogP contribution >= 0.6 is 11.6 Å². The largest absolute Gasteiger partial charge is 0.383 e. The quantitative estimate of drug-likeness (QED) is 0.484. The van der Waals surface area contributed by atoms with Crippen molar-refractivity contribution in [3.63, 3.8) is 0 Å². The second kappa shape index (κ2) is 11.9. The molecule has 2 aromatic rings. The highest BCUT2D eigenvalue weighted by Gasteiger charge is 2.22. The molecule has 3 amide bonds. The Balaban J connectivity index is 2.30. The Morgan fingerprint density at radius 2 is 1.79 bits per heavy atom. The third kappa shape index (κ3) is 8.23. The molecule has 0 radical (unpaired) electrons. The van der Waals surface area contributed by atoms with Crippen molar-refractivity contribution in [3.05, 3.63) is 53.1 Å². The summed E-state index contributed by atoms with van der Waals surface area (Å²) in [5, 5.41) is 5.74. The van der Waals surface area contributed by atoms with Crippen LogP contribution in [0.25, 0.3) is 0 Å². The molecule has 33 heavy (non-hydrogen) atoms. The Morgan fingerprint density at radius 1 is 1.12 bits per heavy atom. The first-order valence-corrected chi connectivity index (χ1v) is 12.0. The fourth-order valence-electron chi connectivity index (χ4n) is 2.83. The van der Waals surface area contributed by atoms with Crippen molar-refractivity contribution >= 4 is 39.3 Å². The average Bonchev–Trinajstić information content (AvgIpc) is 2.72. The Kier molecular flexibility index (Phi) is 9.51. The molecule has 180 valence electrons. The summed E-state index contributed by atoms with van der Waals surface area (Å²) in [6, 6.07) is 9.66. The van der Waals surface area contributed by atoms with Crippen LogP contribution in [0.1, 0.15) is 26.3 Å². The number of nitrogens with zero attached hydrogens (tertiary/aromatic N) is 1. The van der Waals surface area contributed by atoms with Gasteiger partial charge in [-0.3, -0.25) is 4.79 Å². The van der Waals surface area contributed by atoms with E-state index in [9.17, 15) is 18.0 Å². The lowest BCUT2D eigenvalue weighted by Crippen LogP contribution is -2.44. The molecule has 0 unspecified atom stereocenters. The second-order valence-corrected chi connectivity index (χ2v) is 9.50. The van der Waals surface area contributed by atoms with Gasteiger partial charge in [-0.05, 0) is 56.3 Å². The van der Waals surface area contributed by atoms with Gasteiger partial charge >= 0.3 is 16.1 Å². The fourth-order valence-corrected chi connectivity index (χ4v) is 3.98. The van der Waals surface area contributed by atoms with Crippen molar-refractivity contribution in [1.29, 1.82) is 0 Å². The normalized spacial score (nSPS) is 11.2. The van der Waals surface area contributed by atoms with Crippen LogP contribution in [0.4, 0.5) is 10.5 Å². The molecule has 11 heteroatoms. The van der Waals surface area contributed by atoms with Gasteiger partial charge in [-0.25, -0.2) is 4.79 Å². The van der Waals surface area contributed by atoms with Crippen molar-refractivity contribution in [1.82, 2.24) is 10.2 Å². The number of amides is 3. The Hall–Kier alpha value is -2.82. The molecule has 0 aliphatic carbocycles. The molecule has 0 bridgehead atoms. The van der Waals surface area contributed by atoms with E-state index in [4.69, 9.17) is 20.5 Å². The molecule has 0 heterocycles. The van der Waals surface area contributed by atoms with E-state index in [-0.39, 0.29) is 41.7 Å². The molecule has 0 aliphatic heterocycles. The van der Waals surface area contributed by atoms with Crippen molar-refractivity contribution in [2.45, 2.75) is 38.3 Å². The number of ether oxygens (including phenoxy) is 1. The van der Waals surface area contributed by atoms with Crippen molar-refractivity contribution in [2.75, 3.05) is 25.6 Å². The molecule has 9 nitrogen and oxygen atoms in total. The number of halogens is 1. The van der Waals surface area contributed by atoms with E-state index in [2.05, 4.69) is 10.6 Å². The van der Waals surface area contributed by atoms with Crippen molar-refractivity contribution < 1.29 is 26.9 Å². The maximum atomic E-state index is 12.9. The standard InChI is InChI=1S/C22H28ClN3O6S/c1-15(2)24-22(28)26(11-12-31-4)14-17-13-18(23)5-10-21(17)32-33(29,30)20-8-6-19(7-9-20)25-16(3)27/h5-10,13,15H,11-12,14H2,1-4H3,(H,24,28)(H,25,27). The smallest absolute Gasteiger partial charge is 0.339 e. The van der Waals surface area contributed by atoms with Gasteiger partial charge in [0.2, 0.25) is 5.91 Å². The van der Waals surface area contributed by atoms with Crippen LogP contribution < -0.4 is 14.8 Å². The van der Waals surface area contributed by atoms with Crippen LogP contribution in [-0.2, 0) is 26.2 Å². The molecule has 0 fully saturated rings. The maximum absolute atomic E-state index is 12.9. The second-order valence-electron chi connectivity index (χ2n) is 7.51. The first-order chi connectivity index (χ1) is 15.5. The lowest BCUT2D eigenvalue weighted by Gasteiger charge is -2.25. The zero-order valence-corrected chi connectivity index (χ0v) is 20.5. The Morgan fingerprint density at radius 3 is 2.36 bits per heavy atom. The van der Waals surface area contributed by atoms with Gasteiger partial charge in [0.15, 0.2) is 0 Å². The van der Waals surface area contributed by atoms with E-state index in [1.54, 1.807) is 6.07 Å². The zero-order valence-electron chi connectivity index (χ0n) is 18.9. The van der Waals surface area contributed by atoms with Gasteiger partial charge < -0.3 is 24.5 Å². The SMILES string of the molecule is COCCN(Cc1cc(Cl)ccc1OS(=O)(=O)c1ccc(NC(C)=O)cc1)C(=O)NC(C)C. The molecular formula is C22H28ClN3O6S. The van der Waals surface area contributed by atoms with Gasteiger partial charge in [-0.2, -0.15) is 8.42 Å². The van der Waals surface area contributed by atoms with Gasteiger partial charge in [0.1, 0.15) is 10.6 Å². The monoisotopic (exact) mass is 497 g/mol. The summed E-state index contributed by atoms with van der Waals surface area (Å²) >= 11 is 6.13. The minimum atomic E-state index is -4.19. The molecule has 0 atom stereocenters. The van der Waals surface area contributed by atoms with Gasteiger partial charge in [0.25, 0.3) is 0 Å². The third-order valence-electron chi connectivity index (χ3n) is 4.31. The summed E-state index contributed by atoms with van der Waals surface area (Å²) in [5.74, 6) is -0.225. The van der Waals surface area contributed by atoms with Crippen LogP contribution in [0.3, 0.4) is 0 Å². The van der Waals surface area contributed by atoms with Crippen LogP contribution in [0, 0.1) is 0 Å². The average molecular weight is 498 g/mol. The topological polar surface area (TPSA) is 114 Å². The van der Waals surface area contributed by atoms with E-state index in [0.717, 1.165) is 0 Å². The van der Waals surface area contributed by atoms with Crippen molar-refractivity contribution in [2.24, 2.45) is 0 Å². The number of rotatable bonds is 10. The number of urea groups is 1. The maximum Gasteiger partial charge on any atom is 0.339 e. The zero-order chi connectivity index (χ0) is 24.6. The van der Waals surface area contributed by atoms with Gasteiger partial charge in [-0.1, -0.05) is 11.6 Å². The van der Waals surface area contributed by atoms with Gasteiger partial charge in [0.05, 0.1) is 13.2 Å². The molecule has 0 saturated carbocycles. The highest BCUT2D eigenvalue weighted by atomic mass is 35.5. The van der Waals surface area contributed by atoms with E-state index >= 15 is 0 Å². The number of hydrogen-bond acceptors (Lipinski definition) is 6. The molecule has 0 aliphatic rings. The number of carbonyl (C=O) groups is 2. The predicted octanol–water partition coefficient (Wildman–Crippen LogP) is 3.63. The summed E-state index contributed by atoms with van der Waals surface area (Å²) in [4.78, 5) is 25.2. The summed E-state index contributed by atoms with van der Waals surface area (Å²) in [6.45, 7) is 5.65. The summed E-state index contributed by atoms with van der Waals surface area (Å²) in [6.07, 6.45) is 0. The Bertz CT molecular complexity index is 1070. The molecule has 2 rings (SSSR count). The highest BCUT2D eigenvalue weighted by Crippen LogP contribution is 2.28. The predicted molar refractivity (Wildman–Crippen MR) is 126 cm³/mol. The van der Waals surface area contributed by atoms with Crippen LogP contribution in [0.5, 0.6) is 5.75 Å². The molecular weight excluding hydrogens is 470 g/mol. The van der Waals surface area contributed by atoms with E-state index in [0.29, 0.717) is 22.9 Å². The molecule has 2 aromatic carbocycles. The van der Waals surface area contributed by atoms with Crippen LogP contribution in [-0.4, -0.2) is 51.6 Å². The first-order valence-electron chi connectivity index (χ1n) is 10.2. The van der Waals surface area contributed by atoms with Gasteiger partial charge in [-0.15, -0.1) is 0 Å². The lowest BCUT2D eigenvalue weighted by molar-refractivity contribution is -0.114. The number of methoxy groups -OCH3 is 1. The van der Waals surface area contributed by atoms with Crippen LogP contribution in [0.15, 0.2) is 47.4 Å². The van der Waals surface area contributed by atoms with Gasteiger partial charge in [0, 0.05) is 42.9 Å². The Labute approximate surface area is 199 Å². The summed E-state index contributed by atoms with van der Waals surface area (Å²) < 4.78 is 36.2.